The lowest BCUT2D eigenvalue weighted by Gasteiger charge is -2.13. The van der Waals surface area contributed by atoms with E-state index in [9.17, 15) is 4.79 Å². The third-order valence-electron chi connectivity index (χ3n) is 2.60. The first-order valence-corrected chi connectivity index (χ1v) is 6.36. The first kappa shape index (κ1) is 18.7. The lowest BCUT2D eigenvalue weighted by atomic mass is 10.1. The molecule has 0 fully saturated rings. The van der Waals surface area contributed by atoms with Crippen LogP contribution in [0.25, 0.3) is 0 Å². The van der Waals surface area contributed by atoms with Gasteiger partial charge in [-0.2, -0.15) is 0 Å². The van der Waals surface area contributed by atoms with Crippen LogP contribution in [0, 0.1) is 5.92 Å². The smallest absolute Gasteiger partial charge is 0.248 e. The molecule has 1 aromatic carbocycles. The number of nitrogens with two attached hydrogens (primary N) is 1. The fourth-order valence-electron chi connectivity index (χ4n) is 1.49. The molecule has 0 spiro atoms. The Labute approximate surface area is 137 Å². The number of guanidine groups is 1. The van der Waals surface area contributed by atoms with Gasteiger partial charge in [0.2, 0.25) is 5.91 Å². The number of rotatable bonds is 5. The van der Waals surface area contributed by atoms with Gasteiger partial charge in [-0.3, -0.25) is 9.79 Å². The van der Waals surface area contributed by atoms with Crippen molar-refractivity contribution in [3.05, 3.63) is 35.4 Å². The molecular weight excluding hydrogens is 367 g/mol. The summed E-state index contributed by atoms with van der Waals surface area (Å²) in [5.41, 5.74) is 6.78. The topological polar surface area (TPSA) is 79.5 Å². The molecule has 0 unspecified atom stereocenters. The SMILES string of the molecule is CN=C(NCc1ccc(C(N)=O)cc1)NCC(C)C.I. The van der Waals surface area contributed by atoms with E-state index in [1.54, 1.807) is 19.2 Å². The highest BCUT2D eigenvalue weighted by molar-refractivity contribution is 14.0. The molecule has 0 radical (unpaired) electrons. The van der Waals surface area contributed by atoms with E-state index in [0.29, 0.717) is 18.0 Å². The van der Waals surface area contributed by atoms with Crippen molar-refractivity contribution < 1.29 is 4.79 Å². The lowest BCUT2D eigenvalue weighted by molar-refractivity contribution is 0.100. The van der Waals surface area contributed by atoms with Crippen LogP contribution in [-0.2, 0) is 6.54 Å². The summed E-state index contributed by atoms with van der Waals surface area (Å²) < 4.78 is 0. The summed E-state index contributed by atoms with van der Waals surface area (Å²) in [4.78, 5) is 15.1. The van der Waals surface area contributed by atoms with E-state index in [1.807, 2.05) is 12.1 Å². The summed E-state index contributed by atoms with van der Waals surface area (Å²) >= 11 is 0. The molecule has 4 N–H and O–H groups in total. The van der Waals surface area contributed by atoms with Crippen molar-refractivity contribution in [1.82, 2.24) is 10.6 Å². The molecule has 0 saturated heterocycles. The van der Waals surface area contributed by atoms with Crippen molar-refractivity contribution in [1.29, 1.82) is 0 Å². The summed E-state index contributed by atoms with van der Waals surface area (Å²) in [6.45, 7) is 5.81. The van der Waals surface area contributed by atoms with E-state index in [4.69, 9.17) is 5.73 Å². The molecule has 6 heteroatoms. The minimum absolute atomic E-state index is 0. The quantitative estimate of drug-likeness (QED) is 0.407. The van der Waals surface area contributed by atoms with E-state index < -0.39 is 5.91 Å². The van der Waals surface area contributed by atoms with Gasteiger partial charge in [-0.1, -0.05) is 26.0 Å². The van der Waals surface area contributed by atoms with Crippen LogP contribution in [-0.4, -0.2) is 25.5 Å². The molecule has 1 amide bonds. The first-order valence-electron chi connectivity index (χ1n) is 6.36. The molecule has 112 valence electrons. The van der Waals surface area contributed by atoms with Gasteiger partial charge in [0.05, 0.1) is 0 Å². The summed E-state index contributed by atoms with van der Waals surface area (Å²) in [6, 6.07) is 7.21. The molecule has 1 rings (SSSR count). The Morgan fingerprint density at radius 3 is 2.30 bits per heavy atom. The van der Waals surface area contributed by atoms with E-state index in [1.165, 1.54) is 0 Å². The van der Waals surface area contributed by atoms with Crippen molar-refractivity contribution >= 4 is 35.8 Å². The number of aliphatic imine (C=N–C) groups is 1. The summed E-state index contributed by atoms with van der Waals surface area (Å²) in [5, 5.41) is 6.45. The van der Waals surface area contributed by atoms with Gasteiger partial charge in [0.1, 0.15) is 0 Å². The largest absolute Gasteiger partial charge is 0.366 e. The molecule has 0 aliphatic carbocycles. The van der Waals surface area contributed by atoms with Crippen molar-refractivity contribution in [3.63, 3.8) is 0 Å². The van der Waals surface area contributed by atoms with Gasteiger partial charge in [0.25, 0.3) is 0 Å². The van der Waals surface area contributed by atoms with Gasteiger partial charge in [-0.25, -0.2) is 0 Å². The van der Waals surface area contributed by atoms with E-state index in [-0.39, 0.29) is 24.0 Å². The molecular formula is C14H23IN4O. The Morgan fingerprint density at radius 1 is 1.25 bits per heavy atom. The maximum Gasteiger partial charge on any atom is 0.248 e. The van der Waals surface area contributed by atoms with E-state index in [2.05, 4.69) is 29.5 Å². The summed E-state index contributed by atoms with van der Waals surface area (Å²) in [6.07, 6.45) is 0. The number of amides is 1. The van der Waals surface area contributed by atoms with Gasteiger partial charge in [0, 0.05) is 25.7 Å². The highest BCUT2D eigenvalue weighted by atomic mass is 127. The predicted molar refractivity (Wildman–Crippen MR) is 93.4 cm³/mol. The number of primary amides is 1. The molecule has 0 heterocycles. The maximum absolute atomic E-state index is 11.0. The molecule has 1 aromatic rings. The van der Waals surface area contributed by atoms with Gasteiger partial charge in [-0.15, -0.1) is 24.0 Å². The summed E-state index contributed by atoms with van der Waals surface area (Å²) in [5.74, 6) is 0.926. The second-order valence-electron chi connectivity index (χ2n) is 4.76. The van der Waals surface area contributed by atoms with Crippen LogP contribution in [0.3, 0.4) is 0 Å². The average molecular weight is 390 g/mol. The van der Waals surface area contributed by atoms with Crippen LogP contribution >= 0.6 is 24.0 Å². The molecule has 0 saturated carbocycles. The number of hydrogen-bond donors (Lipinski definition) is 3. The third kappa shape index (κ3) is 6.74. The van der Waals surface area contributed by atoms with Crippen LogP contribution in [0.4, 0.5) is 0 Å². The van der Waals surface area contributed by atoms with Crippen LogP contribution < -0.4 is 16.4 Å². The van der Waals surface area contributed by atoms with Crippen LogP contribution in [0.5, 0.6) is 0 Å². The van der Waals surface area contributed by atoms with Crippen molar-refractivity contribution in [2.24, 2.45) is 16.6 Å². The summed E-state index contributed by atoms with van der Waals surface area (Å²) in [7, 11) is 1.74. The second-order valence-corrected chi connectivity index (χ2v) is 4.76. The molecule has 0 aromatic heterocycles. The molecule has 0 bridgehead atoms. The van der Waals surface area contributed by atoms with Crippen LogP contribution in [0.2, 0.25) is 0 Å². The fraction of sp³-hybridized carbons (Fsp3) is 0.429. The molecule has 0 aliphatic heterocycles. The monoisotopic (exact) mass is 390 g/mol. The highest BCUT2D eigenvalue weighted by Crippen LogP contribution is 2.03. The normalized spacial score (nSPS) is 10.9. The second kappa shape index (κ2) is 9.57. The van der Waals surface area contributed by atoms with Crippen molar-refractivity contribution in [2.45, 2.75) is 20.4 Å². The number of hydrogen-bond acceptors (Lipinski definition) is 2. The number of carbonyl (C=O) groups is 1. The highest BCUT2D eigenvalue weighted by Gasteiger charge is 2.02. The predicted octanol–water partition coefficient (Wildman–Crippen LogP) is 1.72. The zero-order valence-corrected chi connectivity index (χ0v) is 14.5. The van der Waals surface area contributed by atoms with Crippen LogP contribution in [0.1, 0.15) is 29.8 Å². The van der Waals surface area contributed by atoms with Crippen molar-refractivity contribution in [3.8, 4) is 0 Å². The van der Waals surface area contributed by atoms with Crippen LogP contribution in [0.15, 0.2) is 29.3 Å². The van der Waals surface area contributed by atoms with Gasteiger partial charge >= 0.3 is 0 Å². The maximum atomic E-state index is 11.0. The number of benzene rings is 1. The zero-order chi connectivity index (χ0) is 14.3. The standard InChI is InChI=1S/C14H22N4O.HI/c1-10(2)8-17-14(16-3)18-9-11-4-6-12(7-5-11)13(15)19;/h4-7,10H,8-9H2,1-3H3,(H2,15,19)(H2,16,17,18);1H. The Balaban J connectivity index is 0.00000361. The number of nitrogens with one attached hydrogen (secondary N) is 2. The van der Waals surface area contributed by atoms with Gasteiger partial charge < -0.3 is 16.4 Å². The number of halogens is 1. The van der Waals surface area contributed by atoms with Crippen molar-refractivity contribution in [2.75, 3.05) is 13.6 Å². The Hall–Kier alpha value is -1.31. The van der Waals surface area contributed by atoms with Gasteiger partial charge in [0.15, 0.2) is 5.96 Å². The average Bonchev–Trinajstić information content (AvgIpc) is 2.39. The minimum atomic E-state index is -0.408. The van der Waals surface area contributed by atoms with E-state index in [0.717, 1.165) is 18.1 Å². The lowest BCUT2D eigenvalue weighted by Crippen LogP contribution is -2.38. The molecule has 0 aliphatic rings. The first-order chi connectivity index (χ1) is 9.02. The molecule has 20 heavy (non-hydrogen) atoms. The Kier molecular flexibility index (Phi) is 8.94. The Morgan fingerprint density at radius 2 is 1.85 bits per heavy atom. The molecule has 5 nitrogen and oxygen atoms in total. The van der Waals surface area contributed by atoms with E-state index >= 15 is 0 Å². The number of carbonyl (C=O) groups excluding carboxylic acids is 1. The number of nitrogens with zero attached hydrogens (tertiary/aromatic N) is 1. The third-order valence-corrected chi connectivity index (χ3v) is 2.60. The zero-order valence-electron chi connectivity index (χ0n) is 12.1. The Bertz CT molecular complexity index is 443. The molecule has 0 atom stereocenters. The minimum Gasteiger partial charge on any atom is -0.366 e. The fourth-order valence-corrected chi connectivity index (χ4v) is 1.49. The van der Waals surface area contributed by atoms with Gasteiger partial charge in [-0.05, 0) is 23.6 Å².